The first kappa shape index (κ1) is 14.7. The molecular formula is C12H17BrF3N3. The van der Waals surface area contributed by atoms with Crippen molar-refractivity contribution in [3.05, 3.63) is 11.3 Å². The predicted octanol–water partition coefficient (Wildman–Crippen LogP) is 3.40. The summed E-state index contributed by atoms with van der Waals surface area (Å²) < 4.78 is 40.3. The average molecular weight is 340 g/mol. The molecule has 1 aliphatic heterocycles. The van der Waals surface area contributed by atoms with Crippen molar-refractivity contribution in [1.82, 2.24) is 9.78 Å². The largest absolute Gasteiger partial charge is 0.393 e. The van der Waals surface area contributed by atoms with E-state index in [9.17, 15) is 13.2 Å². The van der Waals surface area contributed by atoms with E-state index >= 15 is 0 Å². The Morgan fingerprint density at radius 1 is 1.42 bits per heavy atom. The van der Waals surface area contributed by atoms with Crippen LogP contribution in [0.25, 0.3) is 0 Å². The van der Waals surface area contributed by atoms with E-state index in [2.05, 4.69) is 21.0 Å². The van der Waals surface area contributed by atoms with Crippen LogP contribution in [0, 0.1) is 12.8 Å². The van der Waals surface area contributed by atoms with Crippen LogP contribution in [0.3, 0.4) is 0 Å². The molecule has 0 saturated carbocycles. The van der Waals surface area contributed by atoms with Gasteiger partial charge in [-0.1, -0.05) is 15.9 Å². The third kappa shape index (κ3) is 2.90. The highest BCUT2D eigenvalue weighted by Crippen LogP contribution is 2.36. The maximum atomic E-state index is 12.9. The van der Waals surface area contributed by atoms with Gasteiger partial charge in [-0.05, 0) is 19.8 Å². The van der Waals surface area contributed by atoms with Crippen LogP contribution in [0.5, 0.6) is 0 Å². The maximum Gasteiger partial charge on any atom is 0.393 e. The molecule has 3 nitrogen and oxygen atoms in total. The lowest BCUT2D eigenvalue weighted by Crippen LogP contribution is -2.42. The first-order valence-corrected chi connectivity index (χ1v) is 7.36. The Morgan fingerprint density at radius 3 is 2.68 bits per heavy atom. The molecule has 108 valence electrons. The normalized spacial score (nSPS) is 20.9. The topological polar surface area (TPSA) is 21.1 Å². The van der Waals surface area contributed by atoms with Crippen molar-refractivity contribution in [2.45, 2.75) is 31.3 Å². The molecule has 19 heavy (non-hydrogen) atoms. The second-order valence-electron chi connectivity index (χ2n) is 4.97. The zero-order valence-electron chi connectivity index (χ0n) is 11.0. The van der Waals surface area contributed by atoms with Crippen molar-refractivity contribution in [2.24, 2.45) is 13.0 Å². The van der Waals surface area contributed by atoms with Gasteiger partial charge in [0.15, 0.2) is 0 Å². The van der Waals surface area contributed by atoms with Gasteiger partial charge in [-0.3, -0.25) is 4.68 Å². The van der Waals surface area contributed by atoms with Gasteiger partial charge in [0, 0.05) is 31.0 Å². The van der Waals surface area contributed by atoms with Gasteiger partial charge in [0.25, 0.3) is 0 Å². The molecule has 1 aromatic rings. The summed E-state index contributed by atoms with van der Waals surface area (Å²) in [5.74, 6) is -0.428. The number of hydrogen-bond donors (Lipinski definition) is 0. The van der Waals surface area contributed by atoms with Gasteiger partial charge in [-0.2, -0.15) is 18.3 Å². The number of aromatic nitrogens is 2. The van der Waals surface area contributed by atoms with Gasteiger partial charge in [0.05, 0.1) is 11.6 Å². The van der Waals surface area contributed by atoms with Crippen LogP contribution in [0.15, 0.2) is 0 Å². The quantitative estimate of drug-likeness (QED) is 0.770. The van der Waals surface area contributed by atoms with Gasteiger partial charge >= 0.3 is 6.18 Å². The number of halogens is 4. The minimum Gasteiger partial charge on any atom is -0.356 e. The summed E-state index contributed by atoms with van der Waals surface area (Å²) in [6.07, 6.45) is -3.32. The van der Waals surface area contributed by atoms with Gasteiger partial charge in [-0.15, -0.1) is 0 Å². The molecule has 1 aliphatic rings. The summed E-state index contributed by atoms with van der Waals surface area (Å²) in [7, 11) is 1.78. The van der Waals surface area contributed by atoms with Gasteiger partial charge < -0.3 is 4.90 Å². The maximum absolute atomic E-state index is 12.9. The third-order valence-corrected chi connectivity index (χ3v) is 4.19. The zero-order chi connectivity index (χ0) is 14.2. The summed E-state index contributed by atoms with van der Waals surface area (Å²) in [5.41, 5.74) is 1.84. The Balaban J connectivity index is 2.27. The monoisotopic (exact) mass is 339 g/mol. The first-order valence-electron chi connectivity index (χ1n) is 6.24. The van der Waals surface area contributed by atoms with Crippen LogP contribution in [-0.2, 0) is 12.4 Å². The van der Waals surface area contributed by atoms with Crippen LogP contribution >= 0.6 is 15.9 Å². The standard InChI is InChI=1S/C12H17BrF3N3/c1-8-10(6-13)11(18(2)17-8)19-5-3-4-9(7-19)12(14,15)16/h9H,3-7H2,1-2H3. The first-order chi connectivity index (χ1) is 8.84. The molecule has 1 aromatic heterocycles. The Labute approximate surface area is 118 Å². The van der Waals surface area contributed by atoms with E-state index in [1.165, 1.54) is 0 Å². The summed E-state index contributed by atoms with van der Waals surface area (Å²) in [6, 6.07) is 0. The van der Waals surface area contributed by atoms with Crippen molar-refractivity contribution in [2.75, 3.05) is 18.0 Å². The summed E-state index contributed by atoms with van der Waals surface area (Å²) in [5, 5.41) is 4.91. The molecule has 1 saturated heterocycles. The molecule has 1 fully saturated rings. The minimum absolute atomic E-state index is 0.0302. The fourth-order valence-electron chi connectivity index (χ4n) is 2.68. The average Bonchev–Trinajstić information content (AvgIpc) is 2.62. The van der Waals surface area contributed by atoms with E-state index in [-0.39, 0.29) is 13.0 Å². The highest BCUT2D eigenvalue weighted by molar-refractivity contribution is 9.08. The van der Waals surface area contributed by atoms with Gasteiger partial charge in [0.2, 0.25) is 0 Å². The number of rotatable bonds is 2. The number of anilines is 1. The smallest absolute Gasteiger partial charge is 0.356 e. The molecule has 0 amide bonds. The van der Waals surface area contributed by atoms with Gasteiger partial charge in [-0.25, -0.2) is 0 Å². The molecule has 0 aromatic carbocycles. The number of aryl methyl sites for hydroxylation is 2. The van der Waals surface area contributed by atoms with Crippen LogP contribution in [0.2, 0.25) is 0 Å². The lowest BCUT2D eigenvalue weighted by atomic mass is 9.97. The highest BCUT2D eigenvalue weighted by Gasteiger charge is 2.42. The number of hydrogen-bond acceptors (Lipinski definition) is 2. The highest BCUT2D eigenvalue weighted by atomic mass is 79.9. The summed E-state index contributed by atoms with van der Waals surface area (Å²) >= 11 is 3.39. The van der Waals surface area contributed by atoms with E-state index in [0.29, 0.717) is 18.3 Å². The fraction of sp³-hybridized carbons (Fsp3) is 0.750. The molecular weight excluding hydrogens is 323 g/mol. The fourth-order valence-corrected chi connectivity index (χ4v) is 3.34. The lowest BCUT2D eigenvalue weighted by molar-refractivity contribution is -0.176. The van der Waals surface area contributed by atoms with Crippen LogP contribution in [-0.4, -0.2) is 29.0 Å². The SMILES string of the molecule is Cc1nn(C)c(N2CCCC(C(F)(F)F)C2)c1CBr. The molecule has 1 unspecified atom stereocenters. The number of piperidine rings is 1. The molecule has 0 aliphatic carbocycles. The minimum atomic E-state index is -4.11. The zero-order valence-corrected chi connectivity index (χ0v) is 12.6. The van der Waals surface area contributed by atoms with E-state index in [1.54, 1.807) is 11.7 Å². The van der Waals surface area contributed by atoms with Crippen molar-refractivity contribution in [3.63, 3.8) is 0 Å². The summed E-state index contributed by atoms with van der Waals surface area (Å²) in [6.45, 7) is 2.57. The molecule has 7 heteroatoms. The lowest BCUT2D eigenvalue weighted by Gasteiger charge is -2.35. The predicted molar refractivity (Wildman–Crippen MR) is 71.6 cm³/mol. The second-order valence-corrected chi connectivity index (χ2v) is 5.53. The number of nitrogens with zero attached hydrogens (tertiary/aromatic N) is 3. The van der Waals surface area contributed by atoms with Crippen molar-refractivity contribution in [1.29, 1.82) is 0 Å². The molecule has 0 bridgehead atoms. The third-order valence-electron chi connectivity index (χ3n) is 3.63. The summed E-state index contributed by atoms with van der Waals surface area (Å²) in [4.78, 5) is 1.82. The van der Waals surface area contributed by atoms with Crippen molar-refractivity contribution >= 4 is 21.7 Å². The van der Waals surface area contributed by atoms with Crippen LogP contribution in [0.4, 0.5) is 19.0 Å². The van der Waals surface area contributed by atoms with Crippen LogP contribution < -0.4 is 4.90 Å². The Kier molecular flexibility index (Phi) is 4.13. The molecule has 2 heterocycles. The van der Waals surface area contributed by atoms with Gasteiger partial charge in [0.1, 0.15) is 5.82 Å². The van der Waals surface area contributed by atoms with E-state index in [4.69, 9.17) is 0 Å². The molecule has 0 spiro atoms. The molecule has 0 N–H and O–H groups in total. The Bertz CT molecular complexity index is 456. The van der Waals surface area contributed by atoms with E-state index < -0.39 is 12.1 Å². The van der Waals surface area contributed by atoms with Crippen LogP contribution in [0.1, 0.15) is 24.1 Å². The second kappa shape index (κ2) is 5.34. The Hall–Kier alpha value is -0.720. The molecule has 0 radical (unpaired) electrons. The number of alkyl halides is 4. The van der Waals surface area contributed by atoms with E-state index in [1.807, 2.05) is 11.8 Å². The molecule has 1 atom stereocenters. The van der Waals surface area contributed by atoms with E-state index in [0.717, 1.165) is 17.1 Å². The van der Waals surface area contributed by atoms with Crippen molar-refractivity contribution < 1.29 is 13.2 Å². The van der Waals surface area contributed by atoms with Crippen molar-refractivity contribution in [3.8, 4) is 0 Å². The molecule has 2 rings (SSSR count). The Morgan fingerprint density at radius 2 is 2.11 bits per heavy atom.